The van der Waals surface area contributed by atoms with Crippen molar-refractivity contribution in [2.75, 3.05) is 6.61 Å². The quantitative estimate of drug-likeness (QED) is 0.210. The van der Waals surface area contributed by atoms with Crippen LogP contribution in [0.1, 0.15) is 32.8 Å². The van der Waals surface area contributed by atoms with Crippen molar-refractivity contribution in [1.82, 2.24) is 5.32 Å². The van der Waals surface area contributed by atoms with E-state index in [4.69, 9.17) is 23.0 Å². The van der Waals surface area contributed by atoms with Gasteiger partial charge < -0.3 is 23.8 Å². The van der Waals surface area contributed by atoms with Gasteiger partial charge in [0.25, 0.3) is 0 Å². The van der Waals surface area contributed by atoms with Crippen LogP contribution in [0.15, 0.2) is 91.0 Å². The summed E-state index contributed by atoms with van der Waals surface area (Å²) in [5.74, 6) is -0.152. The van der Waals surface area contributed by atoms with E-state index < -0.39 is 31.5 Å². The van der Waals surface area contributed by atoms with Gasteiger partial charge in [0.1, 0.15) is 29.7 Å². The number of hydrogen-bond donors (Lipinski definition) is 1. The minimum absolute atomic E-state index is 0.0136. The van der Waals surface area contributed by atoms with Gasteiger partial charge in [0, 0.05) is 6.42 Å². The highest BCUT2D eigenvalue weighted by atomic mass is 31.2. The first-order chi connectivity index (χ1) is 18.1. The van der Waals surface area contributed by atoms with Gasteiger partial charge in [-0.15, -0.1) is 0 Å². The Morgan fingerprint density at radius 1 is 0.816 bits per heavy atom. The van der Waals surface area contributed by atoms with Crippen molar-refractivity contribution in [2.24, 2.45) is 0 Å². The number of carbonyl (C=O) groups excluding carboxylic acids is 2. The number of nitrogens with one attached hydrogen (secondary N) is 1. The normalized spacial score (nSPS) is 12.2. The first-order valence-electron chi connectivity index (χ1n) is 12.1. The maximum absolute atomic E-state index is 13.5. The van der Waals surface area contributed by atoms with Crippen LogP contribution in [0.2, 0.25) is 0 Å². The van der Waals surface area contributed by atoms with E-state index in [1.54, 1.807) is 81.4 Å². The molecule has 3 aromatic rings. The summed E-state index contributed by atoms with van der Waals surface area (Å²) in [5, 5.41) is 2.51. The molecule has 9 nitrogen and oxygen atoms in total. The smallest absolute Gasteiger partial charge is 0.459 e. The Bertz CT molecular complexity index is 1150. The second kappa shape index (κ2) is 13.7. The number of amides is 1. The second-order valence-corrected chi connectivity index (χ2v) is 10.7. The minimum Gasteiger partial charge on any atom is -0.459 e. The molecule has 0 bridgehead atoms. The summed E-state index contributed by atoms with van der Waals surface area (Å²) in [6.45, 7) is 4.86. The molecule has 1 atom stereocenters. The summed E-state index contributed by atoms with van der Waals surface area (Å²) in [6, 6.07) is 24.8. The maximum atomic E-state index is 13.5. The predicted molar refractivity (Wildman–Crippen MR) is 142 cm³/mol. The molecule has 0 radical (unpaired) electrons. The molecule has 0 saturated carbocycles. The third-order valence-corrected chi connectivity index (χ3v) is 6.14. The SMILES string of the molecule is CC(C)(C)OC(=O)NC(CCOP(=O)(Oc1ccccc1)Oc1ccccc1)C(=O)OCc1ccccc1. The Morgan fingerprint density at radius 2 is 1.32 bits per heavy atom. The molecule has 3 rings (SSSR count). The molecule has 0 spiro atoms. The first kappa shape index (κ1) is 28.8. The van der Waals surface area contributed by atoms with Crippen LogP contribution in [-0.4, -0.2) is 30.3 Å². The van der Waals surface area contributed by atoms with E-state index in [1.165, 1.54) is 0 Å². The van der Waals surface area contributed by atoms with Gasteiger partial charge in [-0.2, -0.15) is 0 Å². The lowest BCUT2D eigenvalue weighted by molar-refractivity contribution is -0.148. The fourth-order valence-corrected chi connectivity index (χ4v) is 4.33. The Morgan fingerprint density at radius 3 is 1.82 bits per heavy atom. The van der Waals surface area contributed by atoms with Crippen molar-refractivity contribution >= 4 is 19.9 Å². The van der Waals surface area contributed by atoms with E-state index in [1.807, 2.05) is 30.3 Å². The van der Waals surface area contributed by atoms with Crippen molar-refractivity contribution in [3.63, 3.8) is 0 Å². The lowest BCUT2D eigenvalue weighted by Crippen LogP contribution is -2.44. The minimum atomic E-state index is -4.18. The Balaban J connectivity index is 1.69. The molecule has 1 unspecified atom stereocenters. The molecule has 0 fully saturated rings. The number of esters is 1. The Labute approximate surface area is 222 Å². The lowest BCUT2D eigenvalue weighted by Gasteiger charge is -2.23. The molecule has 0 aliphatic carbocycles. The van der Waals surface area contributed by atoms with Crippen molar-refractivity contribution in [2.45, 2.75) is 45.4 Å². The van der Waals surface area contributed by atoms with Gasteiger partial charge in [-0.05, 0) is 50.6 Å². The first-order valence-corrected chi connectivity index (χ1v) is 13.5. The van der Waals surface area contributed by atoms with E-state index in [9.17, 15) is 14.2 Å². The molecule has 0 aliphatic heterocycles. The largest absolute Gasteiger partial charge is 0.587 e. The third-order valence-electron chi connectivity index (χ3n) is 4.78. The van der Waals surface area contributed by atoms with E-state index in [2.05, 4.69) is 5.32 Å². The van der Waals surface area contributed by atoms with Crippen LogP contribution in [-0.2, 0) is 30.0 Å². The molecule has 38 heavy (non-hydrogen) atoms. The highest BCUT2D eigenvalue weighted by Gasteiger charge is 2.33. The highest BCUT2D eigenvalue weighted by molar-refractivity contribution is 7.49. The summed E-state index contributed by atoms with van der Waals surface area (Å²) in [5.41, 5.74) is 0.00657. The summed E-state index contributed by atoms with van der Waals surface area (Å²) in [4.78, 5) is 25.3. The maximum Gasteiger partial charge on any atom is 0.587 e. The number of benzene rings is 3. The highest BCUT2D eigenvalue weighted by Crippen LogP contribution is 2.49. The zero-order valence-corrected chi connectivity index (χ0v) is 22.5. The average Bonchev–Trinajstić information content (AvgIpc) is 2.87. The van der Waals surface area contributed by atoms with Crippen LogP contribution in [0.25, 0.3) is 0 Å². The van der Waals surface area contributed by atoms with Crippen LogP contribution >= 0.6 is 7.82 Å². The van der Waals surface area contributed by atoms with Crippen LogP contribution in [0.4, 0.5) is 4.79 Å². The number of para-hydroxylation sites is 2. The molecule has 10 heteroatoms. The molecule has 1 amide bonds. The van der Waals surface area contributed by atoms with Gasteiger partial charge >= 0.3 is 19.9 Å². The molecule has 0 heterocycles. The molecular weight excluding hydrogens is 509 g/mol. The van der Waals surface area contributed by atoms with E-state index in [-0.39, 0.29) is 31.1 Å². The van der Waals surface area contributed by atoms with Crippen molar-refractivity contribution in [1.29, 1.82) is 0 Å². The van der Waals surface area contributed by atoms with Gasteiger partial charge in [-0.1, -0.05) is 66.7 Å². The molecule has 0 aliphatic rings. The van der Waals surface area contributed by atoms with Crippen molar-refractivity contribution < 1.29 is 37.2 Å². The molecule has 202 valence electrons. The van der Waals surface area contributed by atoms with Crippen molar-refractivity contribution in [3.05, 3.63) is 96.6 Å². The lowest BCUT2D eigenvalue weighted by atomic mass is 10.2. The number of ether oxygens (including phenoxy) is 2. The molecule has 3 aromatic carbocycles. The van der Waals surface area contributed by atoms with Gasteiger partial charge in [0.2, 0.25) is 0 Å². The van der Waals surface area contributed by atoms with Crippen LogP contribution < -0.4 is 14.4 Å². The number of hydrogen-bond acceptors (Lipinski definition) is 8. The van der Waals surface area contributed by atoms with Crippen LogP contribution in [0.5, 0.6) is 11.5 Å². The number of phosphoric acid groups is 1. The summed E-state index contributed by atoms with van der Waals surface area (Å²) < 4.78 is 41.0. The van der Waals surface area contributed by atoms with Gasteiger partial charge in [0.05, 0.1) is 6.61 Å². The van der Waals surface area contributed by atoms with Gasteiger partial charge in [-0.3, -0.25) is 4.52 Å². The molecule has 0 aromatic heterocycles. The Hall–Kier alpha value is -3.81. The molecular formula is C28H32NO8P. The summed E-state index contributed by atoms with van der Waals surface area (Å²) >= 11 is 0. The fourth-order valence-electron chi connectivity index (χ4n) is 3.10. The topological polar surface area (TPSA) is 109 Å². The number of alkyl carbamates (subject to hydrolysis) is 1. The van der Waals surface area contributed by atoms with Gasteiger partial charge in [0.15, 0.2) is 0 Å². The third kappa shape index (κ3) is 10.3. The Kier molecular flexibility index (Phi) is 10.3. The summed E-state index contributed by atoms with van der Waals surface area (Å²) in [6.07, 6.45) is -0.893. The fraction of sp³-hybridized carbons (Fsp3) is 0.286. The second-order valence-electron chi connectivity index (χ2n) is 9.17. The van der Waals surface area contributed by atoms with Gasteiger partial charge in [-0.25, -0.2) is 14.2 Å². The predicted octanol–water partition coefficient (Wildman–Crippen LogP) is 6.30. The van der Waals surface area contributed by atoms with E-state index in [0.717, 1.165) is 5.56 Å². The standard InChI is InChI=1S/C28H32NO8P/c1-28(2,3)35-27(31)29-25(26(30)33-21-22-13-7-4-8-14-22)19-20-34-38(32,36-23-15-9-5-10-16-23)37-24-17-11-6-12-18-24/h4-18,25H,19-21H2,1-3H3,(H,29,31). The van der Waals surface area contributed by atoms with Crippen LogP contribution in [0.3, 0.4) is 0 Å². The molecule has 0 saturated heterocycles. The zero-order chi connectivity index (χ0) is 27.4. The van der Waals surface area contributed by atoms with E-state index in [0.29, 0.717) is 0 Å². The number of carbonyl (C=O) groups is 2. The van der Waals surface area contributed by atoms with Crippen LogP contribution in [0, 0.1) is 0 Å². The number of rotatable bonds is 12. The number of phosphoric ester groups is 1. The zero-order valence-electron chi connectivity index (χ0n) is 21.6. The average molecular weight is 542 g/mol. The monoisotopic (exact) mass is 541 g/mol. The van der Waals surface area contributed by atoms with Crippen molar-refractivity contribution in [3.8, 4) is 11.5 Å². The van der Waals surface area contributed by atoms with E-state index >= 15 is 0 Å². The molecule has 1 N–H and O–H groups in total. The summed E-state index contributed by atoms with van der Waals surface area (Å²) in [7, 11) is -4.18.